The molecule has 0 bridgehead atoms. The highest BCUT2D eigenvalue weighted by atomic mass is 16.5. The Morgan fingerprint density at radius 2 is 2.00 bits per heavy atom. The van der Waals surface area contributed by atoms with Crippen LogP contribution in [0, 0.1) is 5.92 Å². The van der Waals surface area contributed by atoms with Crippen LogP contribution < -0.4 is 20.1 Å². The number of methoxy groups -OCH3 is 1. The van der Waals surface area contributed by atoms with Crippen LogP contribution in [-0.2, 0) is 4.79 Å². The van der Waals surface area contributed by atoms with E-state index in [-0.39, 0.29) is 18.0 Å². The van der Waals surface area contributed by atoms with Crippen molar-refractivity contribution in [3.63, 3.8) is 0 Å². The molecule has 1 amide bonds. The van der Waals surface area contributed by atoms with Crippen LogP contribution in [0.5, 0.6) is 11.5 Å². The number of hydrogen-bond donors (Lipinski definition) is 2. The molecule has 3 aromatic rings. The first-order chi connectivity index (χ1) is 14.6. The second kappa shape index (κ2) is 8.44. The molecule has 30 heavy (non-hydrogen) atoms. The van der Waals surface area contributed by atoms with Crippen molar-refractivity contribution in [3.05, 3.63) is 60.4 Å². The van der Waals surface area contributed by atoms with Crippen molar-refractivity contribution in [1.29, 1.82) is 0 Å². The number of rotatable bonds is 6. The smallest absolute Gasteiger partial charge is 0.232 e. The Hall–Kier alpha value is -3.55. The number of ether oxygens (including phenoxy) is 2. The third-order valence-corrected chi connectivity index (χ3v) is 5.25. The Morgan fingerprint density at radius 3 is 2.73 bits per heavy atom. The maximum absolute atomic E-state index is 13.3. The summed E-state index contributed by atoms with van der Waals surface area (Å²) in [5.41, 5.74) is 1.64. The van der Waals surface area contributed by atoms with E-state index in [2.05, 4.69) is 20.7 Å². The van der Waals surface area contributed by atoms with E-state index >= 15 is 0 Å². The molecule has 0 saturated carbocycles. The van der Waals surface area contributed by atoms with Gasteiger partial charge in [-0.15, -0.1) is 0 Å². The van der Waals surface area contributed by atoms with Crippen molar-refractivity contribution in [2.45, 2.75) is 25.9 Å². The Labute approximate surface area is 175 Å². The second-order valence-electron chi connectivity index (χ2n) is 7.13. The summed E-state index contributed by atoms with van der Waals surface area (Å²) in [7, 11) is 1.60. The molecule has 0 saturated heterocycles. The van der Waals surface area contributed by atoms with Gasteiger partial charge in [0.05, 0.1) is 25.7 Å². The lowest BCUT2D eigenvalue weighted by molar-refractivity contribution is -0.121. The first-order valence-electron chi connectivity index (χ1n) is 9.95. The molecular formula is C22H25N5O3. The van der Waals surface area contributed by atoms with E-state index in [1.165, 1.54) is 6.33 Å². The van der Waals surface area contributed by atoms with Gasteiger partial charge in [0.1, 0.15) is 6.33 Å². The zero-order chi connectivity index (χ0) is 21.1. The number of carbonyl (C=O) groups is 1. The van der Waals surface area contributed by atoms with Gasteiger partial charge in [0, 0.05) is 11.7 Å². The van der Waals surface area contributed by atoms with E-state index < -0.39 is 5.92 Å². The van der Waals surface area contributed by atoms with Crippen LogP contribution in [0.3, 0.4) is 0 Å². The molecule has 8 nitrogen and oxygen atoms in total. The molecule has 1 aliphatic rings. The quantitative estimate of drug-likeness (QED) is 0.651. The lowest BCUT2D eigenvalue weighted by Crippen LogP contribution is -2.46. The summed E-state index contributed by atoms with van der Waals surface area (Å²) in [4.78, 5) is 17.7. The van der Waals surface area contributed by atoms with Gasteiger partial charge in [0.15, 0.2) is 11.5 Å². The van der Waals surface area contributed by atoms with Crippen molar-refractivity contribution < 1.29 is 14.3 Å². The summed E-state index contributed by atoms with van der Waals surface area (Å²) in [5, 5.41) is 10.7. The number of anilines is 2. The molecule has 2 aromatic carbocycles. The maximum Gasteiger partial charge on any atom is 0.232 e. The van der Waals surface area contributed by atoms with Crippen molar-refractivity contribution in [1.82, 2.24) is 14.8 Å². The Balaban J connectivity index is 1.74. The molecule has 3 atom stereocenters. The summed E-state index contributed by atoms with van der Waals surface area (Å²) >= 11 is 0. The van der Waals surface area contributed by atoms with Crippen molar-refractivity contribution in [2.75, 3.05) is 24.4 Å². The lowest BCUT2D eigenvalue weighted by atomic mass is 9.85. The van der Waals surface area contributed by atoms with Crippen LogP contribution in [0.2, 0.25) is 0 Å². The molecule has 156 valence electrons. The summed E-state index contributed by atoms with van der Waals surface area (Å²) in [5.74, 6) is 1.38. The minimum Gasteiger partial charge on any atom is -0.493 e. The number of fused-ring (bicyclic) bond motifs is 1. The minimum atomic E-state index is -0.429. The molecule has 8 heteroatoms. The van der Waals surface area contributed by atoms with E-state index in [0.29, 0.717) is 24.1 Å². The fourth-order valence-corrected chi connectivity index (χ4v) is 3.88. The molecule has 0 radical (unpaired) electrons. The average Bonchev–Trinajstić information content (AvgIpc) is 3.22. The number of nitrogens with zero attached hydrogens (tertiary/aromatic N) is 3. The summed E-state index contributed by atoms with van der Waals surface area (Å²) in [6, 6.07) is 14.6. The van der Waals surface area contributed by atoms with Gasteiger partial charge in [-0.25, -0.2) is 4.68 Å². The summed E-state index contributed by atoms with van der Waals surface area (Å²) < 4.78 is 12.9. The van der Waals surface area contributed by atoms with Gasteiger partial charge in [-0.3, -0.25) is 4.79 Å². The Bertz CT molecular complexity index is 1020. The average molecular weight is 407 g/mol. The topological polar surface area (TPSA) is 90.3 Å². The Morgan fingerprint density at radius 1 is 1.20 bits per heavy atom. The minimum absolute atomic E-state index is 0.0970. The van der Waals surface area contributed by atoms with Gasteiger partial charge >= 0.3 is 0 Å². The van der Waals surface area contributed by atoms with Gasteiger partial charge in [-0.2, -0.15) is 10.1 Å². The van der Waals surface area contributed by atoms with E-state index in [1.807, 2.05) is 62.4 Å². The highest BCUT2D eigenvalue weighted by molar-refractivity contribution is 5.94. The highest BCUT2D eigenvalue weighted by Crippen LogP contribution is 2.39. The lowest BCUT2D eigenvalue weighted by Gasteiger charge is -2.37. The van der Waals surface area contributed by atoms with Crippen molar-refractivity contribution in [2.24, 2.45) is 5.92 Å². The fraction of sp³-hybridized carbons (Fsp3) is 0.318. The normalized spacial score (nSPS) is 20.0. The number of carbonyl (C=O) groups excluding carboxylic acids is 1. The highest BCUT2D eigenvalue weighted by Gasteiger charge is 2.41. The van der Waals surface area contributed by atoms with Gasteiger partial charge in [0.2, 0.25) is 11.9 Å². The van der Waals surface area contributed by atoms with Crippen LogP contribution in [0.25, 0.3) is 0 Å². The molecular weight excluding hydrogens is 382 g/mol. The molecule has 0 spiro atoms. The van der Waals surface area contributed by atoms with Crippen LogP contribution in [0.1, 0.15) is 25.5 Å². The first-order valence-corrected chi connectivity index (χ1v) is 9.95. The van der Waals surface area contributed by atoms with Gasteiger partial charge < -0.3 is 20.1 Å². The summed E-state index contributed by atoms with van der Waals surface area (Å²) in [6.07, 6.45) is 1.49. The number of hydrogen-bond acceptors (Lipinski definition) is 6. The molecule has 0 fully saturated rings. The number of nitrogens with one attached hydrogen (secondary N) is 2. The Kier molecular flexibility index (Phi) is 5.56. The first kappa shape index (κ1) is 19.8. The SMILES string of the molecule is CCOc1ccc([C@@H]2[C@H](C(=O)Nc3ccccc3)[C@@H](C)Nc3ncnn32)cc1OC. The zero-order valence-corrected chi connectivity index (χ0v) is 17.2. The molecule has 1 aromatic heterocycles. The molecule has 4 rings (SSSR count). The van der Waals surface area contributed by atoms with E-state index in [0.717, 1.165) is 11.3 Å². The molecule has 0 unspecified atom stereocenters. The third-order valence-electron chi connectivity index (χ3n) is 5.25. The third kappa shape index (κ3) is 3.68. The monoisotopic (exact) mass is 407 g/mol. The number of para-hydroxylation sites is 1. The number of aromatic nitrogens is 3. The van der Waals surface area contributed by atoms with Crippen LogP contribution >= 0.6 is 0 Å². The summed E-state index contributed by atoms with van der Waals surface area (Å²) in [6.45, 7) is 4.44. The van der Waals surface area contributed by atoms with Crippen LogP contribution in [-0.4, -0.2) is 40.4 Å². The maximum atomic E-state index is 13.3. The van der Waals surface area contributed by atoms with Crippen molar-refractivity contribution >= 4 is 17.5 Å². The van der Waals surface area contributed by atoms with Gasteiger partial charge in [0.25, 0.3) is 0 Å². The number of benzene rings is 2. The second-order valence-corrected chi connectivity index (χ2v) is 7.13. The van der Waals surface area contributed by atoms with E-state index in [9.17, 15) is 4.79 Å². The van der Waals surface area contributed by atoms with E-state index in [1.54, 1.807) is 11.8 Å². The molecule has 2 N–H and O–H groups in total. The molecule has 1 aliphatic heterocycles. The molecule has 0 aliphatic carbocycles. The fourth-order valence-electron chi connectivity index (χ4n) is 3.88. The number of amides is 1. The zero-order valence-electron chi connectivity index (χ0n) is 17.2. The van der Waals surface area contributed by atoms with Gasteiger partial charge in [-0.1, -0.05) is 24.3 Å². The predicted molar refractivity (Wildman–Crippen MR) is 114 cm³/mol. The molecule has 2 heterocycles. The van der Waals surface area contributed by atoms with Crippen LogP contribution in [0.15, 0.2) is 54.9 Å². The standard InChI is InChI=1S/C22H25N5O3/c1-4-30-17-11-10-15(12-18(17)29-3)20-19(14(2)25-22-23-13-24-27(20)22)21(28)26-16-8-6-5-7-9-16/h5-14,19-20H,4H2,1-3H3,(H,26,28)(H,23,24,25)/t14-,19-,20-/m1/s1. The van der Waals surface area contributed by atoms with Crippen molar-refractivity contribution in [3.8, 4) is 11.5 Å². The predicted octanol–water partition coefficient (Wildman–Crippen LogP) is 3.34. The van der Waals surface area contributed by atoms with Crippen LogP contribution in [0.4, 0.5) is 11.6 Å². The van der Waals surface area contributed by atoms with E-state index in [4.69, 9.17) is 9.47 Å². The van der Waals surface area contributed by atoms with Gasteiger partial charge in [-0.05, 0) is 43.7 Å². The largest absolute Gasteiger partial charge is 0.493 e.